The zero-order valence-electron chi connectivity index (χ0n) is 13.5. The summed E-state index contributed by atoms with van der Waals surface area (Å²) in [5.41, 5.74) is 1.68. The zero-order valence-corrected chi connectivity index (χ0v) is 13.5. The third-order valence-electron chi connectivity index (χ3n) is 5.48. The van der Waals surface area contributed by atoms with Crippen LogP contribution in [0.15, 0.2) is 24.3 Å². The summed E-state index contributed by atoms with van der Waals surface area (Å²) in [6, 6.07) is 9.19. The standard InChI is InChI=1S/C19H29NO/c1-3-12-20-17-14-18(19(17)10-5-4-6-11-19)21-16-9-7-8-15(2)13-16/h7-9,13,17-18,20H,3-6,10-12,14H2,1-2H3. The van der Waals surface area contributed by atoms with Crippen molar-refractivity contribution >= 4 is 0 Å². The van der Waals surface area contributed by atoms with Gasteiger partial charge >= 0.3 is 0 Å². The Kier molecular flexibility index (Phi) is 4.54. The number of benzene rings is 1. The monoisotopic (exact) mass is 287 g/mol. The molecule has 2 aliphatic carbocycles. The van der Waals surface area contributed by atoms with Crippen LogP contribution in [0.5, 0.6) is 5.75 Å². The summed E-state index contributed by atoms with van der Waals surface area (Å²) in [6.07, 6.45) is 9.63. The summed E-state index contributed by atoms with van der Waals surface area (Å²) in [7, 11) is 0. The fraction of sp³-hybridized carbons (Fsp3) is 0.684. The second-order valence-corrected chi connectivity index (χ2v) is 6.96. The van der Waals surface area contributed by atoms with Gasteiger partial charge in [0.15, 0.2) is 0 Å². The van der Waals surface area contributed by atoms with Crippen molar-refractivity contribution in [3.8, 4) is 5.75 Å². The largest absolute Gasteiger partial charge is 0.490 e. The number of ether oxygens (including phenoxy) is 1. The van der Waals surface area contributed by atoms with Crippen molar-refractivity contribution in [1.82, 2.24) is 5.32 Å². The maximum Gasteiger partial charge on any atom is 0.120 e. The summed E-state index contributed by atoms with van der Waals surface area (Å²) >= 11 is 0. The molecule has 0 radical (unpaired) electrons. The van der Waals surface area contributed by atoms with Crippen molar-refractivity contribution in [2.75, 3.05) is 6.54 Å². The third kappa shape index (κ3) is 2.96. The van der Waals surface area contributed by atoms with Gasteiger partial charge in [-0.05, 0) is 50.4 Å². The Morgan fingerprint density at radius 2 is 2.05 bits per heavy atom. The van der Waals surface area contributed by atoms with Crippen molar-refractivity contribution in [3.05, 3.63) is 29.8 Å². The van der Waals surface area contributed by atoms with E-state index in [4.69, 9.17) is 4.74 Å². The fourth-order valence-corrected chi connectivity index (χ4v) is 4.25. The molecule has 2 fully saturated rings. The van der Waals surface area contributed by atoms with Gasteiger partial charge in [-0.3, -0.25) is 0 Å². The first-order valence-electron chi connectivity index (χ1n) is 8.71. The third-order valence-corrected chi connectivity index (χ3v) is 5.48. The van der Waals surface area contributed by atoms with Gasteiger partial charge in [-0.2, -0.15) is 0 Å². The molecule has 2 atom stereocenters. The van der Waals surface area contributed by atoms with E-state index in [0.717, 1.165) is 12.3 Å². The van der Waals surface area contributed by atoms with Crippen LogP contribution in [0, 0.1) is 12.3 Å². The van der Waals surface area contributed by atoms with E-state index in [2.05, 4.69) is 43.4 Å². The summed E-state index contributed by atoms with van der Waals surface area (Å²) in [4.78, 5) is 0. The molecule has 0 saturated heterocycles. The van der Waals surface area contributed by atoms with Crippen LogP contribution in [0.25, 0.3) is 0 Å². The smallest absolute Gasteiger partial charge is 0.120 e. The first-order valence-corrected chi connectivity index (χ1v) is 8.71. The number of nitrogens with one attached hydrogen (secondary N) is 1. The molecule has 2 aliphatic rings. The van der Waals surface area contributed by atoms with Gasteiger partial charge < -0.3 is 10.1 Å². The molecule has 2 unspecified atom stereocenters. The average molecular weight is 287 g/mol. The van der Waals surface area contributed by atoms with Gasteiger partial charge in [0.1, 0.15) is 11.9 Å². The Balaban J connectivity index is 1.70. The van der Waals surface area contributed by atoms with Gasteiger partial charge in [0.05, 0.1) is 0 Å². The predicted octanol–water partition coefficient (Wildman–Crippen LogP) is 4.46. The van der Waals surface area contributed by atoms with Crippen LogP contribution in [-0.4, -0.2) is 18.7 Å². The van der Waals surface area contributed by atoms with Crippen molar-refractivity contribution < 1.29 is 4.74 Å². The maximum absolute atomic E-state index is 6.39. The van der Waals surface area contributed by atoms with Crippen LogP contribution >= 0.6 is 0 Å². The fourth-order valence-electron chi connectivity index (χ4n) is 4.25. The molecule has 1 aromatic rings. The number of aryl methyl sites for hydroxylation is 1. The molecule has 3 rings (SSSR count). The molecule has 2 saturated carbocycles. The Morgan fingerprint density at radius 3 is 2.76 bits per heavy atom. The molecule has 21 heavy (non-hydrogen) atoms. The molecule has 2 heteroatoms. The van der Waals surface area contributed by atoms with Gasteiger partial charge in [0, 0.05) is 17.9 Å². The lowest BCUT2D eigenvalue weighted by atomic mass is 9.55. The van der Waals surface area contributed by atoms with Gasteiger partial charge in [-0.1, -0.05) is 38.3 Å². The lowest BCUT2D eigenvalue weighted by Gasteiger charge is -2.57. The second kappa shape index (κ2) is 6.39. The highest BCUT2D eigenvalue weighted by Crippen LogP contribution is 2.53. The Bertz CT molecular complexity index is 464. The molecular weight excluding hydrogens is 258 g/mol. The Hall–Kier alpha value is -1.02. The van der Waals surface area contributed by atoms with Crippen LogP contribution in [-0.2, 0) is 0 Å². The van der Waals surface area contributed by atoms with Gasteiger partial charge in [0.25, 0.3) is 0 Å². The Labute approximate surface area is 129 Å². The molecule has 0 aromatic heterocycles. The second-order valence-electron chi connectivity index (χ2n) is 6.96. The van der Waals surface area contributed by atoms with Gasteiger partial charge in [-0.25, -0.2) is 0 Å². The number of hydrogen-bond acceptors (Lipinski definition) is 2. The van der Waals surface area contributed by atoms with E-state index in [1.807, 2.05) is 0 Å². The minimum atomic E-state index is 0.400. The average Bonchev–Trinajstić information content (AvgIpc) is 2.51. The molecular formula is C19H29NO. The van der Waals surface area contributed by atoms with Crippen LogP contribution < -0.4 is 10.1 Å². The summed E-state index contributed by atoms with van der Waals surface area (Å²) < 4.78 is 6.39. The van der Waals surface area contributed by atoms with Crippen molar-refractivity contribution in [1.29, 1.82) is 0 Å². The number of rotatable bonds is 5. The molecule has 1 aromatic carbocycles. The first-order chi connectivity index (χ1) is 10.2. The molecule has 0 bridgehead atoms. The highest BCUT2D eigenvalue weighted by atomic mass is 16.5. The molecule has 116 valence electrons. The molecule has 0 heterocycles. The lowest BCUT2D eigenvalue weighted by molar-refractivity contribution is -0.103. The molecule has 2 nitrogen and oxygen atoms in total. The summed E-state index contributed by atoms with van der Waals surface area (Å²) in [5.74, 6) is 1.05. The highest BCUT2D eigenvalue weighted by Gasteiger charge is 2.56. The van der Waals surface area contributed by atoms with E-state index in [1.54, 1.807) is 0 Å². The lowest BCUT2D eigenvalue weighted by Crippen LogP contribution is -2.65. The molecule has 0 aliphatic heterocycles. The minimum absolute atomic E-state index is 0.400. The van der Waals surface area contributed by atoms with Gasteiger partial charge in [0.2, 0.25) is 0 Å². The van der Waals surface area contributed by atoms with E-state index in [0.29, 0.717) is 17.6 Å². The molecule has 0 amide bonds. The van der Waals surface area contributed by atoms with Crippen molar-refractivity contribution in [3.63, 3.8) is 0 Å². The first kappa shape index (κ1) is 14.9. The van der Waals surface area contributed by atoms with E-state index in [-0.39, 0.29) is 0 Å². The molecule has 1 spiro atoms. The van der Waals surface area contributed by atoms with Crippen LogP contribution in [0.2, 0.25) is 0 Å². The van der Waals surface area contributed by atoms with Gasteiger partial charge in [-0.15, -0.1) is 0 Å². The minimum Gasteiger partial charge on any atom is -0.490 e. The van der Waals surface area contributed by atoms with E-state index < -0.39 is 0 Å². The summed E-state index contributed by atoms with van der Waals surface area (Å²) in [6.45, 7) is 5.53. The highest BCUT2D eigenvalue weighted by molar-refractivity contribution is 5.28. The van der Waals surface area contributed by atoms with Crippen molar-refractivity contribution in [2.45, 2.75) is 70.9 Å². The van der Waals surface area contributed by atoms with Crippen LogP contribution in [0.4, 0.5) is 0 Å². The Morgan fingerprint density at radius 1 is 1.24 bits per heavy atom. The topological polar surface area (TPSA) is 21.3 Å². The molecule has 1 N–H and O–H groups in total. The zero-order chi connectivity index (χ0) is 14.7. The van der Waals surface area contributed by atoms with E-state index in [1.165, 1.54) is 50.5 Å². The quantitative estimate of drug-likeness (QED) is 0.863. The van der Waals surface area contributed by atoms with E-state index >= 15 is 0 Å². The predicted molar refractivity (Wildman–Crippen MR) is 87.8 cm³/mol. The summed E-state index contributed by atoms with van der Waals surface area (Å²) in [5, 5.41) is 3.78. The van der Waals surface area contributed by atoms with Crippen molar-refractivity contribution in [2.24, 2.45) is 5.41 Å². The van der Waals surface area contributed by atoms with Crippen LogP contribution in [0.3, 0.4) is 0 Å². The SMILES string of the molecule is CCCNC1CC(Oc2cccc(C)c2)C12CCCCC2. The number of hydrogen-bond donors (Lipinski definition) is 1. The maximum atomic E-state index is 6.39. The van der Waals surface area contributed by atoms with E-state index in [9.17, 15) is 0 Å². The normalized spacial score (nSPS) is 27.3. The van der Waals surface area contributed by atoms with Crippen LogP contribution in [0.1, 0.15) is 57.4 Å².